The van der Waals surface area contributed by atoms with Gasteiger partial charge in [0.1, 0.15) is 19.0 Å². The van der Waals surface area contributed by atoms with Crippen LogP contribution in [0, 0.1) is 11.8 Å². The van der Waals surface area contributed by atoms with Gasteiger partial charge in [-0.3, -0.25) is 9.59 Å². The number of ether oxygens (including phenoxy) is 2. The number of amides is 2. The Labute approximate surface area is 199 Å². The quantitative estimate of drug-likeness (QED) is 0.470. The number of nitrogens with one attached hydrogen (secondary N) is 2. The molecule has 2 N–H and O–H groups in total. The minimum Gasteiger partial charge on any atom is -0.461 e. The van der Waals surface area contributed by atoms with Crippen molar-refractivity contribution in [3.63, 3.8) is 0 Å². The first-order valence-corrected chi connectivity index (χ1v) is 11.0. The lowest BCUT2D eigenvalue weighted by Gasteiger charge is -2.21. The summed E-state index contributed by atoms with van der Waals surface area (Å²) in [7, 11) is 0. The summed E-state index contributed by atoms with van der Waals surface area (Å²) in [6.07, 6.45) is 0.448. The van der Waals surface area contributed by atoms with E-state index in [4.69, 9.17) is 9.47 Å². The van der Waals surface area contributed by atoms with Gasteiger partial charge < -0.3 is 20.1 Å². The number of rotatable bonds is 10. The monoisotopic (exact) mass is 470 g/mol. The summed E-state index contributed by atoms with van der Waals surface area (Å²) in [6, 6.07) is 15.0. The van der Waals surface area contributed by atoms with Crippen LogP contribution >= 0.6 is 0 Å². The first-order chi connectivity index (χ1) is 16.2. The maximum atomic E-state index is 15.0. The Morgan fingerprint density at radius 3 is 2.09 bits per heavy atom. The molecule has 0 saturated carbocycles. The van der Waals surface area contributed by atoms with E-state index in [1.165, 1.54) is 13.0 Å². The van der Waals surface area contributed by atoms with Crippen molar-refractivity contribution in [2.75, 3.05) is 5.32 Å². The van der Waals surface area contributed by atoms with Crippen molar-refractivity contribution in [3.05, 3.63) is 77.6 Å². The van der Waals surface area contributed by atoms with Crippen LogP contribution < -0.4 is 10.6 Å². The molecule has 0 unspecified atom stereocenters. The highest BCUT2D eigenvalue weighted by molar-refractivity contribution is 5.93. The number of hydrogen-bond acceptors (Lipinski definition) is 5. The van der Waals surface area contributed by atoms with Crippen LogP contribution in [0.2, 0.25) is 0 Å². The van der Waals surface area contributed by atoms with Crippen molar-refractivity contribution in [1.29, 1.82) is 0 Å². The van der Waals surface area contributed by atoms with E-state index in [1.807, 2.05) is 30.3 Å². The van der Waals surface area contributed by atoms with Gasteiger partial charge in [0.2, 0.25) is 5.91 Å². The normalized spacial score (nSPS) is 13.1. The summed E-state index contributed by atoms with van der Waals surface area (Å²) in [6.45, 7) is 6.63. The Morgan fingerprint density at radius 1 is 0.912 bits per heavy atom. The Hall–Kier alpha value is -3.68. The minimum absolute atomic E-state index is 0.0707. The molecule has 0 aliphatic heterocycles. The molecule has 2 amide bonds. The zero-order valence-electron chi connectivity index (χ0n) is 19.8. The van der Waals surface area contributed by atoms with Crippen LogP contribution in [-0.4, -0.2) is 24.0 Å². The zero-order chi connectivity index (χ0) is 25.1. The van der Waals surface area contributed by atoms with Crippen molar-refractivity contribution >= 4 is 23.7 Å². The highest BCUT2D eigenvalue weighted by Gasteiger charge is 2.23. The fraction of sp³-hybridized carbons (Fsp3) is 0.346. The summed E-state index contributed by atoms with van der Waals surface area (Å²) in [5.74, 6) is -2.45. The molecule has 0 aliphatic rings. The fourth-order valence-electron chi connectivity index (χ4n) is 2.99. The first-order valence-electron chi connectivity index (χ1n) is 11.0. The maximum absolute atomic E-state index is 15.0. The molecule has 0 aliphatic carbocycles. The van der Waals surface area contributed by atoms with Gasteiger partial charge in [-0.1, -0.05) is 56.3 Å². The van der Waals surface area contributed by atoms with E-state index in [2.05, 4.69) is 10.6 Å². The molecule has 0 spiro atoms. The van der Waals surface area contributed by atoms with Crippen molar-refractivity contribution in [1.82, 2.24) is 5.32 Å². The van der Waals surface area contributed by atoms with Crippen LogP contribution in [0.3, 0.4) is 0 Å². The second kappa shape index (κ2) is 13.1. The number of benzene rings is 2. The van der Waals surface area contributed by atoms with Gasteiger partial charge in [-0.15, -0.1) is 0 Å². The Morgan fingerprint density at radius 2 is 1.50 bits per heavy atom. The summed E-state index contributed by atoms with van der Waals surface area (Å²) >= 11 is 0. The Bertz CT molecular complexity index is 990. The van der Waals surface area contributed by atoms with Gasteiger partial charge in [-0.05, 0) is 42.2 Å². The first kappa shape index (κ1) is 26.6. The second-order valence-electron chi connectivity index (χ2n) is 8.23. The van der Waals surface area contributed by atoms with Crippen LogP contribution in [-0.2, 0) is 32.3 Å². The third-order valence-electron chi connectivity index (χ3n) is 4.94. The van der Waals surface area contributed by atoms with Crippen molar-refractivity contribution in [2.24, 2.45) is 11.8 Å². The molecule has 34 heavy (non-hydrogen) atoms. The molecule has 8 heteroatoms. The third kappa shape index (κ3) is 9.05. The van der Waals surface area contributed by atoms with E-state index in [0.717, 1.165) is 11.1 Å². The summed E-state index contributed by atoms with van der Waals surface area (Å²) in [4.78, 5) is 35.6. The van der Waals surface area contributed by atoms with E-state index in [9.17, 15) is 18.8 Å². The Balaban J connectivity index is 1.93. The molecule has 0 fully saturated rings. The van der Waals surface area contributed by atoms with E-state index in [1.54, 1.807) is 45.0 Å². The lowest BCUT2D eigenvalue weighted by Crippen LogP contribution is -2.39. The average molecular weight is 471 g/mol. The smallest absolute Gasteiger partial charge is 0.408 e. The van der Waals surface area contributed by atoms with E-state index in [0.29, 0.717) is 5.69 Å². The van der Waals surface area contributed by atoms with E-state index < -0.39 is 29.8 Å². The number of alkyl carbamates (subject to hydrolysis) is 1. The minimum atomic E-state index is -0.931. The molecule has 0 heterocycles. The maximum Gasteiger partial charge on any atom is 0.408 e. The van der Waals surface area contributed by atoms with Crippen molar-refractivity contribution in [2.45, 2.75) is 47.0 Å². The highest BCUT2D eigenvalue weighted by Crippen LogP contribution is 2.18. The van der Waals surface area contributed by atoms with Crippen LogP contribution in [0.25, 0.3) is 0 Å². The summed E-state index contributed by atoms with van der Waals surface area (Å²) < 4.78 is 25.1. The van der Waals surface area contributed by atoms with Gasteiger partial charge >= 0.3 is 12.1 Å². The third-order valence-corrected chi connectivity index (χ3v) is 4.94. The van der Waals surface area contributed by atoms with Crippen LogP contribution in [0.1, 0.15) is 38.8 Å². The van der Waals surface area contributed by atoms with Gasteiger partial charge in [0.05, 0.1) is 12.0 Å². The van der Waals surface area contributed by atoms with Crippen LogP contribution in [0.15, 0.2) is 66.5 Å². The van der Waals surface area contributed by atoms with Gasteiger partial charge in [-0.2, -0.15) is 0 Å². The summed E-state index contributed by atoms with van der Waals surface area (Å²) in [5.41, 5.74) is 2.12. The number of esters is 1. The van der Waals surface area contributed by atoms with Crippen LogP contribution in [0.4, 0.5) is 14.9 Å². The van der Waals surface area contributed by atoms with Gasteiger partial charge in [-0.25, -0.2) is 9.18 Å². The molecule has 0 bridgehead atoms. The molecular weight excluding hydrogens is 439 g/mol. The van der Waals surface area contributed by atoms with E-state index in [-0.39, 0.29) is 25.1 Å². The largest absolute Gasteiger partial charge is 0.461 e. The predicted molar refractivity (Wildman–Crippen MR) is 127 cm³/mol. The second-order valence-corrected chi connectivity index (χ2v) is 8.23. The molecule has 0 saturated heterocycles. The molecule has 0 aromatic heterocycles. The molecule has 2 aromatic carbocycles. The van der Waals surface area contributed by atoms with Gasteiger partial charge in [0.15, 0.2) is 0 Å². The fourth-order valence-corrected chi connectivity index (χ4v) is 2.99. The summed E-state index contributed by atoms with van der Waals surface area (Å²) in [5, 5.41) is 5.25. The molecule has 0 radical (unpaired) electrons. The van der Waals surface area contributed by atoms with Crippen molar-refractivity contribution in [3.8, 4) is 0 Å². The SMILES string of the molecule is CC(=O)OCc1ccc(NC(=O)[C@H](C)/C=C(\F)[C@@H](NC(=O)OCc2ccccc2)C(C)C)cc1. The molecule has 2 aromatic rings. The standard InChI is InChI=1S/C26H31FN2O5/c1-17(2)24(29-26(32)34-16-20-8-6-5-7-9-20)23(27)14-18(3)25(31)28-22-12-10-21(11-13-22)15-33-19(4)30/h5-14,17-18,24H,15-16H2,1-4H3,(H,28,31)(H,29,32)/b23-14-/t18-,24+/m1/s1. The number of hydrogen-bond donors (Lipinski definition) is 2. The zero-order valence-corrected chi connectivity index (χ0v) is 19.8. The predicted octanol–water partition coefficient (Wildman–Crippen LogP) is 5.13. The lowest BCUT2D eigenvalue weighted by atomic mass is 10.00. The average Bonchev–Trinajstić information content (AvgIpc) is 2.81. The number of halogens is 1. The Kier molecular flexibility index (Phi) is 10.3. The van der Waals surface area contributed by atoms with Gasteiger partial charge in [0, 0.05) is 12.6 Å². The van der Waals surface area contributed by atoms with E-state index >= 15 is 0 Å². The molecule has 2 rings (SSSR count). The number of carbonyl (C=O) groups is 3. The topological polar surface area (TPSA) is 93.7 Å². The van der Waals surface area contributed by atoms with Crippen molar-refractivity contribution < 1.29 is 28.2 Å². The highest BCUT2D eigenvalue weighted by atomic mass is 19.1. The molecule has 2 atom stereocenters. The van der Waals surface area contributed by atoms with Gasteiger partial charge in [0.25, 0.3) is 0 Å². The number of carbonyl (C=O) groups excluding carboxylic acids is 3. The molecular formula is C26H31FN2O5. The van der Waals surface area contributed by atoms with Crippen LogP contribution in [0.5, 0.6) is 0 Å². The number of anilines is 1. The molecule has 182 valence electrons. The molecule has 7 nitrogen and oxygen atoms in total. The lowest BCUT2D eigenvalue weighted by molar-refractivity contribution is -0.142.